The number of carbonyl (C=O) groups excluding carboxylic acids is 1. The van der Waals surface area contributed by atoms with Crippen LogP contribution in [0.25, 0.3) is 0 Å². The molecule has 1 heterocycles. The van der Waals surface area contributed by atoms with Gasteiger partial charge in [0, 0.05) is 25.4 Å². The molecule has 2 aliphatic carbocycles. The number of nitrogens with zero attached hydrogens (tertiary/aromatic N) is 2. The Bertz CT molecular complexity index is 506. The summed E-state index contributed by atoms with van der Waals surface area (Å²) in [7, 11) is 1.65. The summed E-state index contributed by atoms with van der Waals surface area (Å²) in [5.74, 6) is -0.0280. The third kappa shape index (κ3) is 3.11. The standard InChI is InChI=1S/C15H24N4O2/c1-21-7-6-19-10-11(9-17-19)14(20)18-12-2-4-15(5-3-12)8-13(15)16/h9-10,12-13H,2-8,16H2,1H3,(H,18,20). The summed E-state index contributed by atoms with van der Waals surface area (Å²) in [5, 5.41) is 7.29. The summed E-state index contributed by atoms with van der Waals surface area (Å²) in [4.78, 5) is 12.2. The summed E-state index contributed by atoms with van der Waals surface area (Å²) >= 11 is 0. The molecule has 3 N–H and O–H groups in total. The van der Waals surface area contributed by atoms with Crippen LogP contribution in [0.2, 0.25) is 0 Å². The predicted molar refractivity (Wildman–Crippen MR) is 78.9 cm³/mol. The van der Waals surface area contributed by atoms with Crippen molar-refractivity contribution in [2.75, 3.05) is 13.7 Å². The number of aromatic nitrogens is 2. The van der Waals surface area contributed by atoms with Crippen molar-refractivity contribution in [1.29, 1.82) is 0 Å². The number of hydrogen-bond donors (Lipinski definition) is 2. The molecule has 6 heteroatoms. The summed E-state index contributed by atoms with van der Waals surface area (Å²) in [5.41, 5.74) is 7.03. The highest BCUT2D eigenvalue weighted by Gasteiger charge is 2.52. The minimum absolute atomic E-state index is 0.0280. The Morgan fingerprint density at radius 2 is 2.29 bits per heavy atom. The molecule has 0 saturated heterocycles. The number of nitrogens with two attached hydrogens (primary N) is 1. The van der Waals surface area contributed by atoms with E-state index in [0.29, 0.717) is 30.2 Å². The van der Waals surface area contributed by atoms with E-state index in [2.05, 4.69) is 10.4 Å². The van der Waals surface area contributed by atoms with Gasteiger partial charge in [-0.25, -0.2) is 0 Å². The lowest BCUT2D eigenvalue weighted by Gasteiger charge is -2.29. The molecule has 0 bridgehead atoms. The van der Waals surface area contributed by atoms with Crippen molar-refractivity contribution in [3.8, 4) is 0 Å². The Hall–Kier alpha value is -1.40. The topological polar surface area (TPSA) is 82.2 Å². The van der Waals surface area contributed by atoms with Crippen molar-refractivity contribution in [1.82, 2.24) is 15.1 Å². The van der Waals surface area contributed by atoms with Gasteiger partial charge in [0.15, 0.2) is 0 Å². The Balaban J connectivity index is 1.49. The van der Waals surface area contributed by atoms with Crippen molar-refractivity contribution >= 4 is 5.91 Å². The van der Waals surface area contributed by atoms with Crippen LogP contribution in [0.1, 0.15) is 42.5 Å². The molecule has 1 aromatic rings. The van der Waals surface area contributed by atoms with Crippen LogP contribution < -0.4 is 11.1 Å². The molecule has 21 heavy (non-hydrogen) atoms. The van der Waals surface area contributed by atoms with Gasteiger partial charge in [0.05, 0.1) is 24.9 Å². The zero-order chi connectivity index (χ0) is 14.9. The van der Waals surface area contributed by atoms with E-state index in [9.17, 15) is 4.79 Å². The van der Waals surface area contributed by atoms with Crippen molar-refractivity contribution in [2.45, 2.75) is 50.7 Å². The van der Waals surface area contributed by atoms with Gasteiger partial charge in [0.25, 0.3) is 5.91 Å². The van der Waals surface area contributed by atoms with Gasteiger partial charge in [-0.15, -0.1) is 0 Å². The van der Waals surface area contributed by atoms with E-state index in [0.717, 1.165) is 25.7 Å². The van der Waals surface area contributed by atoms with Crippen LogP contribution in [0, 0.1) is 5.41 Å². The number of carbonyl (C=O) groups is 1. The molecular weight excluding hydrogens is 268 g/mol. The second-order valence-corrected chi connectivity index (χ2v) is 6.41. The summed E-state index contributed by atoms with van der Waals surface area (Å²) in [6.45, 7) is 1.25. The second kappa shape index (κ2) is 5.77. The molecule has 1 spiro atoms. The molecule has 1 atom stereocenters. The quantitative estimate of drug-likeness (QED) is 0.845. The summed E-state index contributed by atoms with van der Waals surface area (Å²) < 4.78 is 6.73. The third-order valence-corrected chi connectivity index (χ3v) is 4.99. The fourth-order valence-corrected chi connectivity index (χ4v) is 3.35. The van der Waals surface area contributed by atoms with Crippen molar-refractivity contribution in [3.63, 3.8) is 0 Å². The smallest absolute Gasteiger partial charge is 0.254 e. The first-order valence-corrected chi connectivity index (χ1v) is 7.71. The molecule has 1 aromatic heterocycles. The minimum Gasteiger partial charge on any atom is -0.383 e. The Kier molecular flexibility index (Phi) is 3.99. The van der Waals surface area contributed by atoms with Crippen molar-refractivity contribution < 1.29 is 9.53 Å². The maximum atomic E-state index is 12.2. The predicted octanol–water partition coefficient (Wildman–Crippen LogP) is 0.919. The van der Waals surface area contributed by atoms with Crippen LogP contribution in [-0.2, 0) is 11.3 Å². The number of amides is 1. The van der Waals surface area contributed by atoms with E-state index in [1.165, 1.54) is 6.42 Å². The maximum absolute atomic E-state index is 12.2. The van der Waals surface area contributed by atoms with Gasteiger partial charge in [0.2, 0.25) is 0 Å². The monoisotopic (exact) mass is 292 g/mol. The molecule has 2 saturated carbocycles. The van der Waals surface area contributed by atoms with Gasteiger partial charge in [-0.1, -0.05) is 0 Å². The SMILES string of the molecule is COCCn1cc(C(=O)NC2CCC3(CC2)CC3N)cn1. The van der Waals surface area contributed by atoms with E-state index in [-0.39, 0.29) is 11.9 Å². The van der Waals surface area contributed by atoms with Gasteiger partial charge >= 0.3 is 0 Å². The number of rotatable bonds is 5. The minimum atomic E-state index is -0.0280. The molecule has 0 aromatic carbocycles. The largest absolute Gasteiger partial charge is 0.383 e. The lowest BCUT2D eigenvalue weighted by atomic mass is 9.83. The molecule has 0 aliphatic heterocycles. The average Bonchev–Trinajstić information content (AvgIpc) is 2.90. The first-order valence-electron chi connectivity index (χ1n) is 7.71. The third-order valence-electron chi connectivity index (χ3n) is 4.99. The zero-order valence-electron chi connectivity index (χ0n) is 12.5. The normalized spacial score (nSPS) is 31.3. The fraction of sp³-hybridized carbons (Fsp3) is 0.733. The molecule has 2 fully saturated rings. The number of ether oxygens (including phenoxy) is 1. The van der Waals surface area contributed by atoms with Gasteiger partial charge in [0.1, 0.15) is 0 Å². The Morgan fingerprint density at radius 1 is 1.57 bits per heavy atom. The molecule has 3 rings (SSSR count). The van der Waals surface area contributed by atoms with Gasteiger partial charge in [-0.2, -0.15) is 5.10 Å². The molecule has 2 aliphatic rings. The van der Waals surface area contributed by atoms with Crippen molar-refractivity contribution in [2.24, 2.45) is 11.1 Å². The highest BCUT2D eigenvalue weighted by Crippen LogP contribution is 2.54. The van der Waals surface area contributed by atoms with Crippen LogP contribution in [0.4, 0.5) is 0 Å². The molecule has 0 radical (unpaired) electrons. The Labute approximate surface area is 125 Å². The van der Waals surface area contributed by atoms with Gasteiger partial charge < -0.3 is 15.8 Å². The summed E-state index contributed by atoms with van der Waals surface area (Å²) in [6.07, 6.45) is 8.93. The second-order valence-electron chi connectivity index (χ2n) is 6.41. The van der Waals surface area contributed by atoms with Crippen molar-refractivity contribution in [3.05, 3.63) is 18.0 Å². The number of nitrogens with one attached hydrogen (secondary N) is 1. The lowest BCUT2D eigenvalue weighted by molar-refractivity contribution is 0.0919. The fourth-order valence-electron chi connectivity index (χ4n) is 3.35. The van der Waals surface area contributed by atoms with Crippen LogP contribution in [0.15, 0.2) is 12.4 Å². The number of hydrogen-bond acceptors (Lipinski definition) is 4. The van der Waals surface area contributed by atoms with Crippen LogP contribution >= 0.6 is 0 Å². The molecular formula is C15H24N4O2. The van der Waals surface area contributed by atoms with E-state index in [4.69, 9.17) is 10.5 Å². The first kappa shape index (κ1) is 14.5. The van der Waals surface area contributed by atoms with Gasteiger partial charge in [-0.3, -0.25) is 9.48 Å². The summed E-state index contributed by atoms with van der Waals surface area (Å²) in [6, 6.07) is 0.673. The van der Waals surface area contributed by atoms with E-state index < -0.39 is 0 Å². The molecule has 116 valence electrons. The highest BCUT2D eigenvalue weighted by molar-refractivity contribution is 5.93. The molecule has 1 unspecified atom stereocenters. The maximum Gasteiger partial charge on any atom is 0.254 e. The van der Waals surface area contributed by atoms with Crippen LogP contribution in [0.3, 0.4) is 0 Å². The molecule has 1 amide bonds. The number of methoxy groups -OCH3 is 1. The lowest BCUT2D eigenvalue weighted by Crippen LogP contribution is -2.38. The zero-order valence-corrected chi connectivity index (χ0v) is 12.5. The van der Waals surface area contributed by atoms with Crippen LogP contribution in [0.5, 0.6) is 0 Å². The Morgan fingerprint density at radius 3 is 2.90 bits per heavy atom. The van der Waals surface area contributed by atoms with Crippen LogP contribution in [-0.4, -0.2) is 41.5 Å². The molecule has 6 nitrogen and oxygen atoms in total. The first-order chi connectivity index (χ1) is 10.1. The highest BCUT2D eigenvalue weighted by atomic mass is 16.5. The van der Waals surface area contributed by atoms with E-state index >= 15 is 0 Å². The van der Waals surface area contributed by atoms with E-state index in [1.807, 2.05) is 0 Å². The van der Waals surface area contributed by atoms with Gasteiger partial charge in [-0.05, 0) is 37.5 Å². The average molecular weight is 292 g/mol. The van der Waals surface area contributed by atoms with E-state index in [1.54, 1.807) is 24.2 Å².